The molecule has 2 N–H and O–H groups in total. The van der Waals surface area contributed by atoms with Gasteiger partial charge in [-0.3, -0.25) is 9.59 Å². The second kappa shape index (κ2) is 9.07. The first-order valence-electron chi connectivity index (χ1n) is 8.84. The Balaban J connectivity index is 1.92. The lowest BCUT2D eigenvalue weighted by Crippen LogP contribution is -2.32. The van der Waals surface area contributed by atoms with Crippen molar-refractivity contribution >= 4 is 23.2 Å². The van der Waals surface area contributed by atoms with Crippen molar-refractivity contribution in [1.82, 2.24) is 4.90 Å². The van der Waals surface area contributed by atoms with Gasteiger partial charge in [0.1, 0.15) is 11.8 Å². The summed E-state index contributed by atoms with van der Waals surface area (Å²) < 4.78 is 5.44. The fourth-order valence-corrected chi connectivity index (χ4v) is 2.48. The Bertz CT molecular complexity index is 781. The summed E-state index contributed by atoms with van der Waals surface area (Å²) in [6.07, 6.45) is 0. The minimum absolute atomic E-state index is 0.00559. The van der Waals surface area contributed by atoms with Crippen LogP contribution in [0.1, 0.15) is 18.1 Å². The van der Waals surface area contributed by atoms with Crippen molar-refractivity contribution in [2.75, 3.05) is 31.3 Å². The number of carbonyl (C=O) groups is 2. The molecule has 0 spiro atoms. The van der Waals surface area contributed by atoms with Crippen LogP contribution in [-0.2, 0) is 9.59 Å². The molecule has 0 aliphatic carbocycles. The summed E-state index contributed by atoms with van der Waals surface area (Å²) in [6.45, 7) is 5.75. The normalized spacial score (nSPS) is 11.4. The average molecular weight is 369 g/mol. The van der Waals surface area contributed by atoms with Crippen LogP contribution >= 0.6 is 0 Å². The zero-order chi connectivity index (χ0) is 20.0. The first-order chi connectivity index (χ1) is 12.8. The summed E-state index contributed by atoms with van der Waals surface area (Å²) in [4.78, 5) is 25.5. The third-order valence-corrected chi connectivity index (χ3v) is 4.22. The number of rotatable bonds is 7. The number of amides is 2. The van der Waals surface area contributed by atoms with E-state index in [4.69, 9.17) is 4.74 Å². The van der Waals surface area contributed by atoms with Gasteiger partial charge in [-0.2, -0.15) is 0 Å². The number of hydrogen-bond acceptors (Lipinski definition) is 4. The molecule has 6 heteroatoms. The van der Waals surface area contributed by atoms with E-state index in [2.05, 4.69) is 10.6 Å². The molecule has 0 radical (unpaired) electrons. The average Bonchev–Trinajstić information content (AvgIpc) is 2.63. The molecule has 0 saturated heterocycles. The van der Waals surface area contributed by atoms with E-state index in [0.29, 0.717) is 5.75 Å². The van der Waals surface area contributed by atoms with E-state index in [9.17, 15) is 9.59 Å². The third kappa shape index (κ3) is 5.74. The van der Waals surface area contributed by atoms with Crippen molar-refractivity contribution in [3.8, 4) is 5.75 Å². The van der Waals surface area contributed by atoms with Crippen molar-refractivity contribution in [1.29, 1.82) is 0 Å². The van der Waals surface area contributed by atoms with Crippen LogP contribution in [0.15, 0.2) is 42.5 Å². The van der Waals surface area contributed by atoms with E-state index in [1.54, 1.807) is 26.2 Å². The number of benzene rings is 2. The molecule has 0 aromatic heterocycles. The summed E-state index contributed by atoms with van der Waals surface area (Å²) in [5.74, 6) is 0.390. The predicted molar refractivity (Wildman–Crippen MR) is 108 cm³/mol. The Labute approximate surface area is 160 Å². The van der Waals surface area contributed by atoms with Gasteiger partial charge in [-0.1, -0.05) is 18.2 Å². The summed E-state index contributed by atoms with van der Waals surface area (Å²) in [7, 11) is 3.37. The summed E-state index contributed by atoms with van der Waals surface area (Å²) in [5, 5.41) is 6.15. The van der Waals surface area contributed by atoms with E-state index in [1.807, 2.05) is 51.1 Å². The Morgan fingerprint density at radius 3 is 2.19 bits per heavy atom. The second-order valence-electron chi connectivity index (χ2n) is 6.72. The molecule has 1 atom stereocenters. The van der Waals surface area contributed by atoms with Crippen LogP contribution in [0.5, 0.6) is 5.75 Å². The van der Waals surface area contributed by atoms with Crippen LogP contribution in [0.2, 0.25) is 0 Å². The Morgan fingerprint density at radius 2 is 1.63 bits per heavy atom. The lowest BCUT2D eigenvalue weighted by atomic mass is 10.1. The molecule has 0 aliphatic rings. The molecule has 0 saturated carbocycles. The number of ether oxygens (including phenoxy) is 1. The van der Waals surface area contributed by atoms with E-state index in [0.717, 1.165) is 22.5 Å². The number of aryl methyl sites for hydroxylation is 2. The molecule has 0 aliphatic heterocycles. The highest BCUT2D eigenvalue weighted by atomic mass is 16.5. The third-order valence-electron chi connectivity index (χ3n) is 4.22. The zero-order valence-corrected chi connectivity index (χ0v) is 16.5. The van der Waals surface area contributed by atoms with Gasteiger partial charge in [-0.15, -0.1) is 0 Å². The maximum atomic E-state index is 12.5. The minimum Gasteiger partial charge on any atom is -0.484 e. The number of carbonyl (C=O) groups excluding carboxylic acids is 2. The quantitative estimate of drug-likeness (QED) is 0.786. The van der Waals surface area contributed by atoms with Gasteiger partial charge in [0.15, 0.2) is 6.61 Å². The van der Waals surface area contributed by atoms with Crippen molar-refractivity contribution in [3.05, 3.63) is 53.6 Å². The highest BCUT2D eigenvalue weighted by Crippen LogP contribution is 2.20. The van der Waals surface area contributed by atoms with Gasteiger partial charge in [0, 0.05) is 25.5 Å². The number of anilines is 2. The van der Waals surface area contributed by atoms with Crippen molar-refractivity contribution in [3.63, 3.8) is 0 Å². The molecule has 27 heavy (non-hydrogen) atoms. The second-order valence-corrected chi connectivity index (χ2v) is 6.72. The van der Waals surface area contributed by atoms with E-state index >= 15 is 0 Å². The fourth-order valence-electron chi connectivity index (χ4n) is 2.48. The maximum absolute atomic E-state index is 12.5. The summed E-state index contributed by atoms with van der Waals surface area (Å²) >= 11 is 0. The molecule has 2 aromatic rings. The minimum atomic E-state index is -0.411. The van der Waals surface area contributed by atoms with Gasteiger partial charge in [-0.05, 0) is 56.2 Å². The van der Waals surface area contributed by atoms with Gasteiger partial charge < -0.3 is 20.3 Å². The predicted octanol–water partition coefficient (Wildman–Crippen LogP) is 3.21. The Hall–Kier alpha value is -3.02. The summed E-state index contributed by atoms with van der Waals surface area (Å²) in [5.41, 5.74) is 3.71. The van der Waals surface area contributed by atoms with Crippen LogP contribution in [0.25, 0.3) is 0 Å². The first kappa shape index (κ1) is 20.3. The number of likely N-dealkylation sites (N-methyl/N-ethyl adjacent to an activating group) is 1. The molecule has 1 unspecified atom stereocenters. The standard InChI is InChI=1S/C21H27N3O3/c1-14-7-6-8-15(2)20(14)23-21(26)16(3)22-17-9-11-18(12-10-17)27-13-19(25)24(4)5/h6-12,16,22H,13H2,1-5H3,(H,23,26). The molecule has 0 heterocycles. The van der Waals surface area contributed by atoms with Gasteiger partial charge in [0.05, 0.1) is 0 Å². The van der Waals surface area contributed by atoms with Crippen LogP contribution in [-0.4, -0.2) is 43.5 Å². The van der Waals surface area contributed by atoms with Crippen LogP contribution < -0.4 is 15.4 Å². The fraction of sp³-hybridized carbons (Fsp3) is 0.333. The first-order valence-corrected chi connectivity index (χ1v) is 8.84. The molecule has 0 fully saturated rings. The van der Waals surface area contributed by atoms with Crippen molar-refractivity contribution < 1.29 is 14.3 Å². The number of nitrogens with one attached hydrogen (secondary N) is 2. The van der Waals surface area contributed by atoms with Crippen molar-refractivity contribution in [2.45, 2.75) is 26.8 Å². The molecular formula is C21H27N3O3. The van der Waals surface area contributed by atoms with Crippen LogP contribution in [0.4, 0.5) is 11.4 Å². The van der Waals surface area contributed by atoms with Crippen molar-refractivity contribution in [2.24, 2.45) is 0 Å². The number of nitrogens with zero attached hydrogens (tertiary/aromatic N) is 1. The molecule has 2 aromatic carbocycles. The molecule has 2 rings (SSSR count). The smallest absolute Gasteiger partial charge is 0.259 e. The topological polar surface area (TPSA) is 70.7 Å². The largest absolute Gasteiger partial charge is 0.484 e. The monoisotopic (exact) mass is 369 g/mol. The molecule has 144 valence electrons. The molecule has 6 nitrogen and oxygen atoms in total. The van der Waals surface area contributed by atoms with Gasteiger partial charge >= 0.3 is 0 Å². The van der Waals surface area contributed by atoms with Gasteiger partial charge in [0.2, 0.25) is 5.91 Å². The summed E-state index contributed by atoms with van der Waals surface area (Å²) in [6, 6.07) is 12.7. The SMILES string of the molecule is Cc1cccc(C)c1NC(=O)C(C)Nc1ccc(OCC(=O)N(C)C)cc1. The Kier molecular flexibility index (Phi) is 6.82. The maximum Gasteiger partial charge on any atom is 0.259 e. The number of hydrogen-bond donors (Lipinski definition) is 2. The van der Waals surface area contributed by atoms with Crippen LogP contribution in [0.3, 0.4) is 0 Å². The highest BCUT2D eigenvalue weighted by Gasteiger charge is 2.15. The van der Waals surface area contributed by atoms with Crippen LogP contribution in [0, 0.1) is 13.8 Å². The molecular weight excluding hydrogens is 342 g/mol. The van der Waals surface area contributed by atoms with E-state index < -0.39 is 6.04 Å². The van der Waals surface area contributed by atoms with Gasteiger partial charge in [0.25, 0.3) is 5.91 Å². The Morgan fingerprint density at radius 1 is 1.04 bits per heavy atom. The lowest BCUT2D eigenvalue weighted by molar-refractivity contribution is -0.130. The van der Waals surface area contributed by atoms with E-state index in [1.165, 1.54) is 4.90 Å². The molecule has 2 amide bonds. The zero-order valence-electron chi connectivity index (χ0n) is 16.5. The van der Waals surface area contributed by atoms with Gasteiger partial charge in [-0.25, -0.2) is 0 Å². The van der Waals surface area contributed by atoms with E-state index in [-0.39, 0.29) is 18.4 Å². The molecule has 0 bridgehead atoms. The number of para-hydroxylation sites is 1. The highest BCUT2D eigenvalue weighted by molar-refractivity contribution is 5.97. The lowest BCUT2D eigenvalue weighted by Gasteiger charge is -2.18.